The lowest BCUT2D eigenvalue weighted by Gasteiger charge is -2.27. The molecule has 0 amide bonds. The van der Waals surface area contributed by atoms with Gasteiger partial charge in [-0.05, 0) is 47.0 Å². The normalized spacial score (nSPS) is 30.8. The van der Waals surface area contributed by atoms with Gasteiger partial charge in [0, 0.05) is 6.04 Å². The first-order valence-corrected chi connectivity index (χ1v) is 7.26. The molecule has 1 aliphatic carbocycles. The lowest BCUT2D eigenvalue weighted by molar-refractivity contribution is -0.128. The number of ketones is 1. The van der Waals surface area contributed by atoms with Crippen LogP contribution < -0.4 is 5.32 Å². The zero-order valence-corrected chi connectivity index (χ0v) is 12.2. The van der Waals surface area contributed by atoms with Gasteiger partial charge in [0.2, 0.25) is 0 Å². The van der Waals surface area contributed by atoms with Crippen LogP contribution in [0.5, 0.6) is 0 Å². The van der Waals surface area contributed by atoms with Crippen LogP contribution in [0.15, 0.2) is 0 Å². The molecule has 2 fully saturated rings. The molecule has 0 aromatic carbocycles. The summed E-state index contributed by atoms with van der Waals surface area (Å²) in [7, 11) is 0. The molecule has 2 aliphatic rings. The van der Waals surface area contributed by atoms with Crippen molar-refractivity contribution in [3.8, 4) is 0 Å². The second kappa shape index (κ2) is 4.93. The Bertz CT molecular complexity index is 316. The van der Waals surface area contributed by atoms with Crippen LogP contribution in [0.1, 0.15) is 59.8 Å². The molecule has 0 radical (unpaired) electrons. The third kappa shape index (κ3) is 3.12. The topological polar surface area (TPSA) is 38.3 Å². The summed E-state index contributed by atoms with van der Waals surface area (Å²) in [6, 6.07) is 0.562. The molecule has 1 unspecified atom stereocenters. The first-order chi connectivity index (χ1) is 8.30. The van der Waals surface area contributed by atoms with Gasteiger partial charge < -0.3 is 10.1 Å². The summed E-state index contributed by atoms with van der Waals surface area (Å²) >= 11 is 0. The SMILES string of the molecule is CC1(C)CC(C(=O)CNC2CCCC2)C(C)(C)O1. The maximum atomic E-state index is 12.4. The fourth-order valence-electron chi connectivity index (χ4n) is 3.56. The third-order valence-corrected chi connectivity index (χ3v) is 4.38. The van der Waals surface area contributed by atoms with Gasteiger partial charge in [0.25, 0.3) is 0 Å². The van der Waals surface area contributed by atoms with E-state index in [0.29, 0.717) is 18.4 Å². The second-order valence-corrected chi connectivity index (χ2v) is 7.05. The van der Waals surface area contributed by atoms with E-state index in [-0.39, 0.29) is 17.1 Å². The summed E-state index contributed by atoms with van der Waals surface area (Å²) in [6.45, 7) is 8.75. The molecule has 0 spiro atoms. The van der Waals surface area contributed by atoms with Crippen LogP contribution in [0, 0.1) is 5.92 Å². The van der Waals surface area contributed by atoms with Crippen molar-refractivity contribution < 1.29 is 9.53 Å². The Morgan fingerprint density at radius 1 is 1.22 bits per heavy atom. The minimum Gasteiger partial charge on any atom is -0.369 e. The molecule has 3 nitrogen and oxygen atoms in total. The highest BCUT2D eigenvalue weighted by Crippen LogP contribution is 2.42. The Labute approximate surface area is 111 Å². The lowest BCUT2D eigenvalue weighted by Crippen LogP contribution is -2.40. The number of carbonyl (C=O) groups excluding carboxylic acids is 1. The van der Waals surface area contributed by atoms with Crippen LogP contribution in [0.25, 0.3) is 0 Å². The van der Waals surface area contributed by atoms with Gasteiger partial charge in [-0.2, -0.15) is 0 Å². The maximum Gasteiger partial charge on any atom is 0.152 e. The van der Waals surface area contributed by atoms with Crippen molar-refractivity contribution in [3.63, 3.8) is 0 Å². The van der Waals surface area contributed by atoms with E-state index in [4.69, 9.17) is 4.74 Å². The maximum absolute atomic E-state index is 12.4. The third-order valence-electron chi connectivity index (χ3n) is 4.38. The van der Waals surface area contributed by atoms with Crippen LogP contribution in [-0.4, -0.2) is 29.6 Å². The Balaban J connectivity index is 1.88. The first kappa shape index (κ1) is 14.0. The van der Waals surface area contributed by atoms with Crippen molar-refractivity contribution in [3.05, 3.63) is 0 Å². The smallest absolute Gasteiger partial charge is 0.152 e. The molecule has 0 aromatic heterocycles. The van der Waals surface area contributed by atoms with E-state index in [1.165, 1.54) is 25.7 Å². The summed E-state index contributed by atoms with van der Waals surface area (Å²) in [4.78, 5) is 12.4. The van der Waals surface area contributed by atoms with Gasteiger partial charge in [-0.15, -0.1) is 0 Å². The fraction of sp³-hybridized carbons (Fsp3) is 0.933. The van der Waals surface area contributed by atoms with Gasteiger partial charge in [0.1, 0.15) is 0 Å². The molecule has 0 bridgehead atoms. The molecule has 0 aromatic rings. The predicted molar refractivity (Wildman–Crippen MR) is 72.6 cm³/mol. The number of carbonyl (C=O) groups is 1. The minimum absolute atomic E-state index is 0.0291. The van der Waals surface area contributed by atoms with Gasteiger partial charge in [-0.3, -0.25) is 4.79 Å². The quantitative estimate of drug-likeness (QED) is 0.837. The van der Waals surface area contributed by atoms with Gasteiger partial charge in [0.15, 0.2) is 5.78 Å². The lowest BCUT2D eigenvalue weighted by atomic mass is 9.84. The summed E-state index contributed by atoms with van der Waals surface area (Å²) in [6.07, 6.45) is 5.89. The molecule has 1 aliphatic heterocycles. The fourth-order valence-corrected chi connectivity index (χ4v) is 3.56. The molecule has 1 heterocycles. The van der Waals surface area contributed by atoms with E-state index in [9.17, 15) is 4.79 Å². The molecule has 18 heavy (non-hydrogen) atoms. The van der Waals surface area contributed by atoms with Crippen molar-refractivity contribution in [2.24, 2.45) is 5.92 Å². The number of nitrogens with one attached hydrogen (secondary N) is 1. The molecular formula is C15H27NO2. The van der Waals surface area contributed by atoms with Crippen LogP contribution in [0.4, 0.5) is 0 Å². The summed E-state index contributed by atoms with van der Waals surface area (Å²) in [5.74, 6) is 0.346. The number of Topliss-reactive ketones (excluding diaryl/α,β-unsaturated/α-hetero) is 1. The zero-order chi connectivity index (χ0) is 13.4. The van der Waals surface area contributed by atoms with Crippen LogP contribution in [0.3, 0.4) is 0 Å². The molecule has 1 atom stereocenters. The van der Waals surface area contributed by atoms with Gasteiger partial charge in [0.05, 0.1) is 23.7 Å². The molecule has 104 valence electrons. The molecular weight excluding hydrogens is 226 g/mol. The standard InChI is InChI=1S/C15H27NO2/c1-14(2)9-12(15(3,4)18-14)13(17)10-16-11-7-5-6-8-11/h11-12,16H,5-10H2,1-4H3. The molecule has 3 heteroatoms. The number of ether oxygens (including phenoxy) is 1. The Hall–Kier alpha value is -0.410. The van der Waals surface area contributed by atoms with E-state index in [0.717, 1.165) is 6.42 Å². The highest BCUT2D eigenvalue weighted by Gasteiger charge is 2.48. The van der Waals surface area contributed by atoms with Crippen molar-refractivity contribution in [2.75, 3.05) is 6.54 Å². The van der Waals surface area contributed by atoms with Crippen LogP contribution in [-0.2, 0) is 9.53 Å². The summed E-state index contributed by atoms with van der Waals surface area (Å²) in [5, 5.41) is 3.42. The van der Waals surface area contributed by atoms with E-state index in [1.807, 2.05) is 13.8 Å². The summed E-state index contributed by atoms with van der Waals surface area (Å²) in [5.41, 5.74) is -0.491. The zero-order valence-electron chi connectivity index (χ0n) is 12.2. The average molecular weight is 253 g/mol. The predicted octanol–water partition coefficient (Wildman–Crippen LogP) is 2.68. The average Bonchev–Trinajstić information content (AvgIpc) is 2.80. The number of rotatable bonds is 4. The van der Waals surface area contributed by atoms with Crippen LogP contribution >= 0.6 is 0 Å². The number of hydrogen-bond donors (Lipinski definition) is 1. The molecule has 1 saturated carbocycles. The Morgan fingerprint density at radius 2 is 1.83 bits per heavy atom. The van der Waals surface area contributed by atoms with E-state index in [2.05, 4.69) is 19.2 Å². The number of hydrogen-bond acceptors (Lipinski definition) is 3. The second-order valence-electron chi connectivity index (χ2n) is 7.05. The monoisotopic (exact) mass is 253 g/mol. The van der Waals surface area contributed by atoms with Crippen molar-refractivity contribution in [2.45, 2.75) is 77.0 Å². The van der Waals surface area contributed by atoms with Gasteiger partial charge in [-0.1, -0.05) is 12.8 Å². The van der Waals surface area contributed by atoms with Gasteiger partial charge in [-0.25, -0.2) is 0 Å². The van der Waals surface area contributed by atoms with E-state index < -0.39 is 0 Å². The molecule has 1 saturated heterocycles. The Morgan fingerprint density at radius 3 is 2.33 bits per heavy atom. The van der Waals surface area contributed by atoms with E-state index >= 15 is 0 Å². The van der Waals surface area contributed by atoms with Crippen molar-refractivity contribution in [1.29, 1.82) is 0 Å². The molecule has 2 rings (SSSR count). The van der Waals surface area contributed by atoms with Crippen molar-refractivity contribution >= 4 is 5.78 Å². The molecule has 1 N–H and O–H groups in total. The first-order valence-electron chi connectivity index (χ1n) is 7.26. The highest BCUT2D eigenvalue weighted by molar-refractivity contribution is 5.84. The van der Waals surface area contributed by atoms with Crippen molar-refractivity contribution in [1.82, 2.24) is 5.32 Å². The van der Waals surface area contributed by atoms with E-state index in [1.54, 1.807) is 0 Å². The minimum atomic E-state index is -0.321. The van der Waals surface area contributed by atoms with Gasteiger partial charge >= 0.3 is 0 Å². The Kier molecular flexibility index (Phi) is 3.84. The largest absolute Gasteiger partial charge is 0.369 e. The van der Waals surface area contributed by atoms with Crippen LogP contribution in [0.2, 0.25) is 0 Å². The summed E-state index contributed by atoms with van der Waals surface area (Å²) < 4.78 is 5.99. The highest BCUT2D eigenvalue weighted by atomic mass is 16.5.